The SMILES string of the molecule is COc1ccc(CCCCCC[C@H](C(=O)O)C(C)C)cc1OCC#N. The number of benzene rings is 1. The second-order valence-electron chi connectivity index (χ2n) is 6.57. The van der Waals surface area contributed by atoms with E-state index >= 15 is 0 Å². The fraction of sp³-hybridized carbons (Fsp3) is 0.600. The molecule has 5 nitrogen and oxygen atoms in total. The van der Waals surface area contributed by atoms with E-state index in [1.54, 1.807) is 7.11 Å². The molecule has 1 rings (SSSR count). The predicted octanol–water partition coefficient (Wildman–Crippen LogP) is 4.45. The molecule has 0 saturated carbocycles. The third-order valence-electron chi connectivity index (χ3n) is 4.37. The number of unbranched alkanes of at least 4 members (excludes halogenated alkanes) is 3. The van der Waals surface area contributed by atoms with Crippen molar-refractivity contribution in [1.29, 1.82) is 5.26 Å². The smallest absolute Gasteiger partial charge is 0.306 e. The Morgan fingerprint density at radius 3 is 2.52 bits per heavy atom. The zero-order valence-corrected chi connectivity index (χ0v) is 15.5. The van der Waals surface area contributed by atoms with Gasteiger partial charge in [0.15, 0.2) is 18.1 Å². The van der Waals surface area contributed by atoms with Crippen LogP contribution in [0.4, 0.5) is 0 Å². The van der Waals surface area contributed by atoms with Crippen LogP contribution in [0.2, 0.25) is 0 Å². The van der Waals surface area contributed by atoms with Gasteiger partial charge in [0.25, 0.3) is 0 Å². The normalized spacial score (nSPS) is 11.8. The molecule has 0 radical (unpaired) electrons. The van der Waals surface area contributed by atoms with Gasteiger partial charge in [0.05, 0.1) is 13.0 Å². The summed E-state index contributed by atoms with van der Waals surface area (Å²) in [5.74, 6) is 0.498. The topological polar surface area (TPSA) is 79.6 Å². The number of carboxylic acid groups (broad SMARTS) is 1. The lowest BCUT2D eigenvalue weighted by atomic mass is 9.90. The first-order valence-electron chi connectivity index (χ1n) is 8.89. The Labute approximate surface area is 150 Å². The van der Waals surface area contributed by atoms with Crippen LogP contribution in [-0.4, -0.2) is 24.8 Å². The molecule has 0 aromatic heterocycles. The molecular weight excluding hydrogens is 318 g/mol. The van der Waals surface area contributed by atoms with Gasteiger partial charge < -0.3 is 14.6 Å². The van der Waals surface area contributed by atoms with Crippen molar-refractivity contribution in [3.8, 4) is 17.6 Å². The van der Waals surface area contributed by atoms with E-state index in [2.05, 4.69) is 0 Å². The lowest BCUT2D eigenvalue weighted by Gasteiger charge is -2.15. The number of aliphatic carboxylic acids is 1. The van der Waals surface area contributed by atoms with Gasteiger partial charge in [-0.1, -0.05) is 39.2 Å². The van der Waals surface area contributed by atoms with Gasteiger partial charge >= 0.3 is 5.97 Å². The van der Waals surface area contributed by atoms with Crippen molar-refractivity contribution in [2.45, 2.75) is 52.4 Å². The number of ether oxygens (including phenoxy) is 2. The molecule has 0 amide bonds. The van der Waals surface area contributed by atoms with Crippen LogP contribution < -0.4 is 9.47 Å². The predicted molar refractivity (Wildman–Crippen MR) is 96.9 cm³/mol. The molecule has 138 valence electrons. The van der Waals surface area contributed by atoms with Crippen LogP contribution in [0.3, 0.4) is 0 Å². The number of hydrogen-bond acceptors (Lipinski definition) is 4. The van der Waals surface area contributed by atoms with E-state index in [1.807, 2.05) is 38.1 Å². The maximum absolute atomic E-state index is 11.2. The third-order valence-corrected chi connectivity index (χ3v) is 4.37. The van der Waals surface area contributed by atoms with Gasteiger partial charge in [-0.15, -0.1) is 0 Å². The summed E-state index contributed by atoms with van der Waals surface area (Å²) in [4.78, 5) is 11.2. The average molecular weight is 347 g/mol. The second kappa shape index (κ2) is 11.4. The van der Waals surface area contributed by atoms with E-state index in [1.165, 1.54) is 0 Å². The molecule has 1 aromatic carbocycles. The summed E-state index contributed by atoms with van der Waals surface area (Å²) in [5.41, 5.74) is 1.15. The molecule has 0 aliphatic heterocycles. The first-order chi connectivity index (χ1) is 12.0. The highest BCUT2D eigenvalue weighted by atomic mass is 16.5. The summed E-state index contributed by atoms with van der Waals surface area (Å²) in [6, 6.07) is 7.76. The average Bonchev–Trinajstić information content (AvgIpc) is 2.58. The molecular formula is C20H29NO4. The van der Waals surface area contributed by atoms with Gasteiger partial charge in [0, 0.05) is 0 Å². The van der Waals surface area contributed by atoms with E-state index in [4.69, 9.17) is 14.7 Å². The van der Waals surface area contributed by atoms with Crippen molar-refractivity contribution >= 4 is 5.97 Å². The summed E-state index contributed by atoms with van der Waals surface area (Å²) < 4.78 is 10.6. The first kappa shape index (κ1) is 20.8. The van der Waals surface area contributed by atoms with Gasteiger partial charge in [-0.05, 0) is 42.9 Å². The van der Waals surface area contributed by atoms with Crippen LogP contribution in [0.5, 0.6) is 11.5 Å². The number of carbonyl (C=O) groups is 1. The largest absolute Gasteiger partial charge is 0.493 e. The van der Waals surface area contributed by atoms with Crippen molar-refractivity contribution in [2.24, 2.45) is 11.8 Å². The summed E-state index contributed by atoms with van der Waals surface area (Å²) in [7, 11) is 1.58. The minimum atomic E-state index is -0.682. The lowest BCUT2D eigenvalue weighted by molar-refractivity contribution is -0.143. The van der Waals surface area contributed by atoms with Crippen LogP contribution >= 0.6 is 0 Å². The molecule has 1 atom stereocenters. The Kier molecular flexibility index (Phi) is 9.46. The molecule has 0 aliphatic carbocycles. The molecule has 0 bridgehead atoms. The Bertz CT molecular complexity index is 578. The quantitative estimate of drug-likeness (QED) is 0.565. The highest BCUT2D eigenvalue weighted by Gasteiger charge is 2.20. The highest BCUT2D eigenvalue weighted by molar-refractivity contribution is 5.70. The lowest BCUT2D eigenvalue weighted by Crippen LogP contribution is -2.19. The highest BCUT2D eigenvalue weighted by Crippen LogP contribution is 2.28. The van der Waals surface area contributed by atoms with Crippen molar-refractivity contribution in [1.82, 2.24) is 0 Å². The van der Waals surface area contributed by atoms with E-state index < -0.39 is 5.97 Å². The van der Waals surface area contributed by atoms with E-state index in [0.29, 0.717) is 11.5 Å². The molecule has 1 aromatic rings. The fourth-order valence-electron chi connectivity index (χ4n) is 2.89. The maximum Gasteiger partial charge on any atom is 0.306 e. The van der Waals surface area contributed by atoms with Crippen LogP contribution in [0.15, 0.2) is 18.2 Å². The molecule has 0 heterocycles. The number of hydrogen-bond donors (Lipinski definition) is 1. The summed E-state index contributed by atoms with van der Waals surface area (Å²) >= 11 is 0. The number of carboxylic acids is 1. The van der Waals surface area contributed by atoms with Gasteiger partial charge in [-0.25, -0.2) is 0 Å². The van der Waals surface area contributed by atoms with E-state index in [-0.39, 0.29) is 18.4 Å². The van der Waals surface area contributed by atoms with Crippen molar-refractivity contribution in [3.05, 3.63) is 23.8 Å². The molecule has 0 fully saturated rings. The van der Waals surface area contributed by atoms with Crippen LogP contribution in [0, 0.1) is 23.2 Å². The first-order valence-corrected chi connectivity index (χ1v) is 8.89. The number of nitrogens with zero attached hydrogens (tertiary/aromatic N) is 1. The number of nitriles is 1. The number of rotatable bonds is 12. The summed E-state index contributed by atoms with van der Waals surface area (Å²) in [5, 5.41) is 17.8. The van der Waals surface area contributed by atoms with Crippen LogP contribution in [-0.2, 0) is 11.2 Å². The van der Waals surface area contributed by atoms with Gasteiger partial charge in [-0.3, -0.25) is 4.79 Å². The Morgan fingerprint density at radius 1 is 1.20 bits per heavy atom. The van der Waals surface area contributed by atoms with Crippen LogP contribution in [0.25, 0.3) is 0 Å². The molecule has 5 heteroatoms. The summed E-state index contributed by atoms with van der Waals surface area (Å²) in [6.45, 7) is 3.93. The van der Waals surface area contributed by atoms with Gasteiger partial charge in [0.1, 0.15) is 6.07 Å². The van der Waals surface area contributed by atoms with Gasteiger partial charge in [0.2, 0.25) is 0 Å². The number of methoxy groups -OCH3 is 1. The van der Waals surface area contributed by atoms with E-state index in [0.717, 1.165) is 44.1 Å². The van der Waals surface area contributed by atoms with Crippen molar-refractivity contribution in [3.63, 3.8) is 0 Å². The van der Waals surface area contributed by atoms with Gasteiger partial charge in [-0.2, -0.15) is 5.26 Å². The van der Waals surface area contributed by atoms with Crippen molar-refractivity contribution < 1.29 is 19.4 Å². The minimum Gasteiger partial charge on any atom is -0.493 e. The Morgan fingerprint density at radius 2 is 1.92 bits per heavy atom. The molecule has 0 spiro atoms. The maximum atomic E-state index is 11.2. The molecule has 1 N–H and O–H groups in total. The Balaban J connectivity index is 2.36. The molecule has 25 heavy (non-hydrogen) atoms. The second-order valence-corrected chi connectivity index (χ2v) is 6.57. The minimum absolute atomic E-state index is 0.000405. The zero-order chi connectivity index (χ0) is 18.7. The molecule has 0 unspecified atom stereocenters. The number of aryl methyl sites for hydroxylation is 1. The van der Waals surface area contributed by atoms with E-state index in [9.17, 15) is 9.90 Å². The standard InChI is InChI=1S/C20H29NO4/c1-15(2)17(20(22)23)9-7-5-4-6-8-16-10-11-18(24-3)19(14-16)25-13-12-21/h10-11,14-15,17H,4-9,13H2,1-3H3,(H,22,23)/t17-/m0/s1. The van der Waals surface area contributed by atoms with Crippen molar-refractivity contribution in [2.75, 3.05) is 13.7 Å². The Hall–Kier alpha value is -2.22. The molecule has 0 aliphatic rings. The molecule has 0 saturated heterocycles. The third kappa shape index (κ3) is 7.47. The summed E-state index contributed by atoms with van der Waals surface area (Å²) in [6.07, 6.45) is 5.80. The van der Waals surface area contributed by atoms with Crippen LogP contribution in [0.1, 0.15) is 51.5 Å². The monoisotopic (exact) mass is 347 g/mol. The zero-order valence-electron chi connectivity index (χ0n) is 15.5. The fourth-order valence-corrected chi connectivity index (χ4v) is 2.89.